The third-order valence-corrected chi connectivity index (χ3v) is 6.64. The van der Waals surface area contributed by atoms with Crippen LogP contribution < -0.4 is 4.74 Å². The van der Waals surface area contributed by atoms with Gasteiger partial charge < -0.3 is 14.2 Å². The number of benzene rings is 2. The van der Waals surface area contributed by atoms with Crippen molar-refractivity contribution in [2.45, 2.75) is 25.5 Å². The van der Waals surface area contributed by atoms with Crippen LogP contribution in [0.5, 0.6) is 5.75 Å². The molecule has 1 aliphatic heterocycles. The minimum atomic E-state index is 0.0485. The molecule has 1 aliphatic rings. The molecule has 30 heavy (non-hydrogen) atoms. The van der Waals surface area contributed by atoms with Gasteiger partial charge in [0.15, 0.2) is 0 Å². The van der Waals surface area contributed by atoms with E-state index in [4.69, 9.17) is 9.72 Å². The fourth-order valence-corrected chi connectivity index (χ4v) is 4.96. The molecule has 0 spiro atoms. The number of imidazole rings is 1. The van der Waals surface area contributed by atoms with E-state index >= 15 is 0 Å². The quantitative estimate of drug-likeness (QED) is 0.476. The van der Waals surface area contributed by atoms with Gasteiger partial charge in [-0.1, -0.05) is 12.1 Å². The van der Waals surface area contributed by atoms with Crippen molar-refractivity contribution in [2.24, 2.45) is 7.05 Å². The number of rotatable bonds is 5. The number of para-hydroxylation sites is 1. The number of aryl methyl sites for hydroxylation is 1. The van der Waals surface area contributed by atoms with Crippen LogP contribution in [0.4, 0.5) is 0 Å². The molecule has 0 N–H and O–H groups in total. The van der Waals surface area contributed by atoms with Crippen molar-refractivity contribution < 1.29 is 9.53 Å². The highest BCUT2D eigenvalue weighted by molar-refractivity contribution is 7.18. The maximum atomic E-state index is 13.2. The zero-order valence-electron chi connectivity index (χ0n) is 16.7. The number of fused-ring (bicyclic) bond motifs is 1. The highest BCUT2D eigenvalue weighted by atomic mass is 32.1. The van der Waals surface area contributed by atoms with Crippen molar-refractivity contribution in [1.29, 1.82) is 0 Å². The average molecular weight is 419 g/mol. The summed E-state index contributed by atoms with van der Waals surface area (Å²) in [6, 6.07) is 15.6. The maximum Gasteiger partial charge on any atom is 0.254 e. The van der Waals surface area contributed by atoms with Crippen LogP contribution in [0, 0.1) is 0 Å². The van der Waals surface area contributed by atoms with Gasteiger partial charge in [0.25, 0.3) is 5.91 Å². The first-order valence-corrected chi connectivity index (χ1v) is 10.9. The highest BCUT2D eigenvalue weighted by Gasteiger charge is 2.32. The van der Waals surface area contributed by atoms with E-state index < -0.39 is 0 Å². The van der Waals surface area contributed by atoms with Crippen LogP contribution >= 0.6 is 11.3 Å². The summed E-state index contributed by atoms with van der Waals surface area (Å²) in [5, 5.41) is 1.03. The Bertz CT molecular complexity index is 1150. The molecule has 6 nitrogen and oxygen atoms in total. The summed E-state index contributed by atoms with van der Waals surface area (Å²) in [4.78, 5) is 24.2. The summed E-state index contributed by atoms with van der Waals surface area (Å²) in [5.74, 6) is 1.62. The second kappa shape index (κ2) is 7.91. The molecule has 4 aromatic rings. The number of thiazole rings is 1. The molecular formula is C23H22N4O2S. The number of aromatic nitrogens is 3. The van der Waals surface area contributed by atoms with Crippen molar-refractivity contribution in [3.63, 3.8) is 0 Å². The first kappa shape index (κ1) is 18.8. The predicted octanol–water partition coefficient (Wildman–Crippen LogP) is 4.59. The van der Waals surface area contributed by atoms with Gasteiger partial charge in [-0.3, -0.25) is 4.79 Å². The van der Waals surface area contributed by atoms with E-state index in [0.717, 1.165) is 41.5 Å². The molecule has 0 radical (unpaired) electrons. The molecular weight excluding hydrogens is 396 g/mol. The minimum Gasteiger partial charge on any atom is -0.486 e. The Morgan fingerprint density at radius 3 is 2.80 bits per heavy atom. The van der Waals surface area contributed by atoms with Crippen LogP contribution in [0.15, 0.2) is 60.9 Å². The van der Waals surface area contributed by atoms with E-state index in [9.17, 15) is 4.79 Å². The van der Waals surface area contributed by atoms with Crippen molar-refractivity contribution >= 4 is 27.5 Å². The molecule has 1 atom stereocenters. The molecule has 1 amide bonds. The van der Waals surface area contributed by atoms with Gasteiger partial charge in [0.05, 0.1) is 16.3 Å². The molecule has 0 bridgehead atoms. The molecule has 3 heterocycles. The number of carbonyl (C=O) groups excluding carboxylic acids is 1. The summed E-state index contributed by atoms with van der Waals surface area (Å²) in [5.41, 5.74) is 1.68. The molecule has 0 saturated carbocycles. The molecule has 152 valence electrons. The van der Waals surface area contributed by atoms with Crippen LogP contribution in [-0.4, -0.2) is 31.9 Å². The smallest absolute Gasteiger partial charge is 0.254 e. The number of likely N-dealkylation sites (tertiary alicyclic amines) is 1. The van der Waals surface area contributed by atoms with Gasteiger partial charge >= 0.3 is 0 Å². The fraction of sp³-hybridized carbons (Fsp3) is 0.261. The molecule has 1 unspecified atom stereocenters. The number of carbonyl (C=O) groups is 1. The summed E-state index contributed by atoms with van der Waals surface area (Å²) < 4.78 is 8.89. The van der Waals surface area contributed by atoms with Crippen LogP contribution in [0.2, 0.25) is 0 Å². The molecule has 2 aromatic carbocycles. The molecule has 5 rings (SSSR count). The van der Waals surface area contributed by atoms with E-state index in [-0.39, 0.29) is 11.9 Å². The predicted molar refractivity (Wildman–Crippen MR) is 117 cm³/mol. The van der Waals surface area contributed by atoms with E-state index in [1.54, 1.807) is 17.5 Å². The lowest BCUT2D eigenvalue weighted by Gasteiger charge is -2.23. The monoisotopic (exact) mass is 418 g/mol. The Hall–Kier alpha value is -3.19. The normalized spacial score (nSPS) is 16.3. The lowest BCUT2D eigenvalue weighted by molar-refractivity contribution is 0.0735. The molecule has 1 saturated heterocycles. The zero-order chi connectivity index (χ0) is 20.5. The summed E-state index contributed by atoms with van der Waals surface area (Å²) in [6.45, 7) is 1.15. The summed E-state index contributed by atoms with van der Waals surface area (Å²) in [7, 11) is 1.94. The Balaban J connectivity index is 1.30. The summed E-state index contributed by atoms with van der Waals surface area (Å²) in [6.07, 6.45) is 5.59. The third-order valence-electron chi connectivity index (χ3n) is 5.50. The number of ether oxygens (including phenoxy) is 1. The van der Waals surface area contributed by atoms with Crippen molar-refractivity contribution in [3.8, 4) is 5.75 Å². The van der Waals surface area contributed by atoms with Crippen LogP contribution in [-0.2, 0) is 13.7 Å². The van der Waals surface area contributed by atoms with Crippen molar-refractivity contribution in [3.05, 3.63) is 77.3 Å². The second-order valence-electron chi connectivity index (χ2n) is 7.44. The zero-order valence-corrected chi connectivity index (χ0v) is 17.5. The van der Waals surface area contributed by atoms with Crippen molar-refractivity contribution in [2.75, 3.05) is 6.54 Å². The fourth-order valence-electron chi connectivity index (χ4n) is 3.84. The van der Waals surface area contributed by atoms with Crippen LogP contribution in [0.25, 0.3) is 10.2 Å². The van der Waals surface area contributed by atoms with E-state index in [1.807, 2.05) is 65.2 Å². The standard InChI is InChI=1S/C23H22N4O2S/c1-26-14-12-24-21(26)15-29-17-10-8-16(9-11-17)23(28)27-13-4-6-19(27)22-25-18-5-2-3-7-20(18)30-22/h2-3,5,7-12,14,19H,4,6,13,15H2,1H3. The third kappa shape index (κ3) is 3.57. The first-order chi connectivity index (χ1) is 14.7. The van der Waals surface area contributed by atoms with E-state index in [0.29, 0.717) is 12.2 Å². The van der Waals surface area contributed by atoms with Gasteiger partial charge in [0.2, 0.25) is 0 Å². The van der Waals surface area contributed by atoms with Gasteiger partial charge in [-0.25, -0.2) is 9.97 Å². The largest absolute Gasteiger partial charge is 0.486 e. The van der Waals surface area contributed by atoms with Gasteiger partial charge in [0.1, 0.15) is 23.2 Å². The SMILES string of the molecule is Cn1ccnc1COc1ccc(C(=O)N2CCCC2c2nc3ccccc3s2)cc1. The number of amides is 1. The Morgan fingerprint density at radius 1 is 1.20 bits per heavy atom. The number of nitrogens with zero attached hydrogens (tertiary/aromatic N) is 4. The lowest BCUT2D eigenvalue weighted by atomic mass is 10.1. The van der Waals surface area contributed by atoms with Gasteiger partial charge in [-0.2, -0.15) is 0 Å². The van der Waals surface area contributed by atoms with Gasteiger partial charge in [-0.05, 0) is 49.2 Å². The average Bonchev–Trinajstić information content (AvgIpc) is 3.51. The maximum absolute atomic E-state index is 13.2. The van der Waals surface area contributed by atoms with E-state index in [1.165, 1.54) is 4.70 Å². The highest BCUT2D eigenvalue weighted by Crippen LogP contribution is 2.37. The van der Waals surface area contributed by atoms with Crippen LogP contribution in [0.1, 0.15) is 40.1 Å². The van der Waals surface area contributed by atoms with Crippen molar-refractivity contribution in [1.82, 2.24) is 19.4 Å². The van der Waals surface area contributed by atoms with Crippen LogP contribution in [0.3, 0.4) is 0 Å². The number of hydrogen-bond acceptors (Lipinski definition) is 5. The topological polar surface area (TPSA) is 60.3 Å². The van der Waals surface area contributed by atoms with E-state index in [2.05, 4.69) is 11.1 Å². The minimum absolute atomic E-state index is 0.0485. The first-order valence-electron chi connectivity index (χ1n) is 10.0. The Labute approximate surface area is 178 Å². The summed E-state index contributed by atoms with van der Waals surface area (Å²) >= 11 is 1.69. The lowest BCUT2D eigenvalue weighted by Crippen LogP contribution is -2.30. The Kier molecular flexibility index (Phi) is 4.96. The molecule has 0 aliphatic carbocycles. The number of hydrogen-bond donors (Lipinski definition) is 0. The molecule has 7 heteroatoms. The Morgan fingerprint density at radius 2 is 2.03 bits per heavy atom. The second-order valence-corrected chi connectivity index (χ2v) is 8.51. The van der Waals surface area contributed by atoms with Gasteiger partial charge in [0, 0.05) is 31.5 Å². The molecule has 1 fully saturated rings. The molecule has 2 aromatic heterocycles. The van der Waals surface area contributed by atoms with Gasteiger partial charge in [-0.15, -0.1) is 11.3 Å².